The van der Waals surface area contributed by atoms with Gasteiger partial charge in [0.05, 0.1) is 12.8 Å². The Labute approximate surface area is 94.1 Å². The molecule has 0 aliphatic rings. The lowest BCUT2D eigenvalue weighted by molar-refractivity contribution is 0.0552. The molecule has 2 aromatic rings. The first kappa shape index (κ1) is 10.7. The summed E-state index contributed by atoms with van der Waals surface area (Å²) in [6.07, 6.45) is 1.68. The van der Waals surface area contributed by atoms with Crippen molar-refractivity contribution in [2.24, 2.45) is 0 Å². The number of rotatable bonds is 4. The van der Waals surface area contributed by atoms with Crippen molar-refractivity contribution in [1.82, 2.24) is 9.94 Å². The Hall–Kier alpha value is -1.81. The highest BCUT2D eigenvalue weighted by Gasteiger charge is 2.06. The third-order valence-corrected chi connectivity index (χ3v) is 2.39. The fourth-order valence-electron chi connectivity index (χ4n) is 1.44. The van der Waals surface area contributed by atoms with Crippen molar-refractivity contribution in [1.29, 1.82) is 0 Å². The average Bonchev–Trinajstić information content (AvgIpc) is 2.68. The number of aliphatic hydroxyl groups is 1. The van der Waals surface area contributed by atoms with Gasteiger partial charge in [-0.3, -0.25) is 0 Å². The molecule has 0 bridgehead atoms. The Morgan fingerprint density at radius 3 is 2.75 bits per heavy atom. The van der Waals surface area contributed by atoms with Crippen LogP contribution in [-0.2, 0) is 13.2 Å². The van der Waals surface area contributed by atoms with E-state index in [-0.39, 0.29) is 6.61 Å². The van der Waals surface area contributed by atoms with Gasteiger partial charge < -0.3 is 9.94 Å². The maximum Gasteiger partial charge on any atom is 0.142 e. The van der Waals surface area contributed by atoms with Crippen molar-refractivity contribution in [3.05, 3.63) is 53.3 Å². The van der Waals surface area contributed by atoms with Gasteiger partial charge in [-0.15, -0.1) is 9.94 Å². The Morgan fingerprint density at radius 2 is 2.06 bits per heavy atom. The molecular formula is C12H14N2O2. The van der Waals surface area contributed by atoms with E-state index >= 15 is 0 Å². The third kappa shape index (κ3) is 2.23. The molecule has 0 fully saturated rings. The molecule has 16 heavy (non-hydrogen) atoms. The first-order valence-corrected chi connectivity index (χ1v) is 5.13. The number of nitrogens with zero attached hydrogens (tertiary/aromatic N) is 2. The van der Waals surface area contributed by atoms with Crippen LogP contribution in [0.1, 0.15) is 16.8 Å². The number of aryl methyl sites for hydroxylation is 1. The van der Waals surface area contributed by atoms with Gasteiger partial charge in [0.25, 0.3) is 0 Å². The SMILES string of the molecule is Cc1cnn(OCc2ccccc2)c1CO. The van der Waals surface area contributed by atoms with E-state index in [4.69, 9.17) is 9.94 Å². The van der Waals surface area contributed by atoms with E-state index in [2.05, 4.69) is 5.10 Å². The van der Waals surface area contributed by atoms with Gasteiger partial charge in [-0.1, -0.05) is 30.3 Å². The van der Waals surface area contributed by atoms with E-state index < -0.39 is 0 Å². The van der Waals surface area contributed by atoms with Crippen LogP contribution in [0, 0.1) is 6.92 Å². The molecule has 1 N–H and O–H groups in total. The van der Waals surface area contributed by atoms with E-state index in [0.29, 0.717) is 12.3 Å². The maximum atomic E-state index is 9.14. The Balaban J connectivity index is 2.05. The van der Waals surface area contributed by atoms with Gasteiger partial charge in [0.2, 0.25) is 0 Å². The molecule has 0 aliphatic heterocycles. The number of aliphatic hydroxyl groups excluding tert-OH is 1. The molecule has 0 spiro atoms. The minimum atomic E-state index is -0.0688. The molecule has 0 amide bonds. The monoisotopic (exact) mass is 218 g/mol. The fourth-order valence-corrected chi connectivity index (χ4v) is 1.44. The molecule has 0 aliphatic carbocycles. The van der Waals surface area contributed by atoms with Crippen molar-refractivity contribution < 1.29 is 9.94 Å². The Bertz CT molecular complexity index is 451. The van der Waals surface area contributed by atoms with Crippen LogP contribution in [-0.4, -0.2) is 15.1 Å². The van der Waals surface area contributed by atoms with E-state index in [1.807, 2.05) is 37.3 Å². The lowest BCUT2D eigenvalue weighted by Gasteiger charge is -2.08. The molecule has 0 unspecified atom stereocenters. The Kier molecular flexibility index (Phi) is 3.22. The van der Waals surface area contributed by atoms with Crippen LogP contribution in [0.15, 0.2) is 36.5 Å². The zero-order valence-corrected chi connectivity index (χ0v) is 9.13. The molecule has 4 heteroatoms. The maximum absolute atomic E-state index is 9.14. The minimum Gasteiger partial charge on any atom is -0.392 e. The van der Waals surface area contributed by atoms with E-state index in [0.717, 1.165) is 11.1 Å². The van der Waals surface area contributed by atoms with Crippen LogP contribution in [0.2, 0.25) is 0 Å². The van der Waals surface area contributed by atoms with E-state index in [9.17, 15) is 0 Å². The summed E-state index contributed by atoms with van der Waals surface area (Å²) >= 11 is 0. The standard InChI is InChI=1S/C12H14N2O2/c1-10-7-13-14(12(10)8-15)16-9-11-5-3-2-4-6-11/h2-7,15H,8-9H2,1H3. The van der Waals surface area contributed by atoms with Crippen LogP contribution in [0.3, 0.4) is 0 Å². The van der Waals surface area contributed by atoms with E-state index in [1.165, 1.54) is 4.85 Å². The van der Waals surface area contributed by atoms with Gasteiger partial charge >= 0.3 is 0 Å². The second kappa shape index (κ2) is 4.81. The van der Waals surface area contributed by atoms with Gasteiger partial charge in [0.1, 0.15) is 12.3 Å². The van der Waals surface area contributed by atoms with Crippen LogP contribution in [0.4, 0.5) is 0 Å². The number of hydrogen-bond acceptors (Lipinski definition) is 3. The first-order valence-electron chi connectivity index (χ1n) is 5.13. The van der Waals surface area contributed by atoms with Crippen molar-refractivity contribution in [2.75, 3.05) is 0 Å². The predicted octanol–water partition coefficient (Wildman–Crippen LogP) is 1.31. The molecule has 0 radical (unpaired) electrons. The lowest BCUT2D eigenvalue weighted by Crippen LogP contribution is -2.16. The summed E-state index contributed by atoms with van der Waals surface area (Å²) in [4.78, 5) is 6.86. The molecule has 4 nitrogen and oxygen atoms in total. The molecule has 0 saturated carbocycles. The normalized spacial score (nSPS) is 10.4. The molecule has 1 aromatic heterocycles. The highest BCUT2D eigenvalue weighted by Crippen LogP contribution is 2.06. The molecule has 1 aromatic carbocycles. The lowest BCUT2D eigenvalue weighted by atomic mass is 10.2. The molecule has 2 rings (SSSR count). The zero-order chi connectivity index (χ0) is 11.4. The van der Waals surface area contributed by atoms with Crippen molar-refractivity contribution >= 4 is 0 Å². The van der Waals surface area contributed by atoms with Gasteiger partial charge in [-0.25, -0.2) is 0 Å². The van der Waals surface area contributed by atoms with Gasteiger partial charge in [-0.05, 0) is 18.1 Å². The number of hydrogen-bond donors (Lipinski definition) is 1. The smallest absolute Gasteiger partial charge is 0.142 e. The largest absolute Gasteiger partial charge is 0.392 e. The predicted molar refractivity (Wildman–Crippen MR) is 59.6 cm³/mol. The van der Waals surface area contributed by atoms with Crippen LogP contribution in [0.5, 0.6) is 0 Å². The van der Waals surface area contributed by atoms with Crippen LogP contribution in [0.25, 0.3) is 0 Å². The minimum absolute atomic E-state index is 0.0688. The van der Waals surface area contributed by atoms with Crippen molar-refractivity contribution in [3.8, 4) is 0 Å². The van der Waals surface area contributed by atoms with Crippen molar-refractivity contribution in [3.63, 3.8) is 0 Å². The number of benzene rings is 1. The summed E-state index contributed by atoms with van der Waals surface area (Å²) in [7, 11) is 0. The van der Waals surface area contributed by atoms with Gasteiger partial charge in [0, 0.05) is 0 Å². The quantitative estimate of drug-likeness (QED) is 0.841. The van der Waals surface area contributed by atoms with E-state index in [1.54, 1.807) is 6.20 Å². The molecule has 0 atom stereocenters. The number of aromatic nitrogens is 2. The Morgan fingerprint density at radius 1 is 1.31 bits per heavy atom. The van der Waals surface area contributed by atoms with Crippen LogP contribution < -0.4 is 4.84 Å². The first-order chi connectivity index (χ1) is 7.81. The zero-order valence-electron chi connectivity index (χ0n) is 9.13. The fraction of sp³-hybridized carbons (Fsp3) is 0.250. The summed E-state index contributed by atoms with van der Waals surface area (Å²) in [6.45, 7) is 2.26. The van der Waals surface area contributed by atoms with Crippen LogP contribution >= 0.6 is 0 Å². The molecule has 84 valence electrons. The van der Waals surface area contributed by atoms with Gasteiger partial charge in [-0.2, -0.15) is 0 Å². The molecular weight excluding hydrogens is 204 g/mol. The summed E-state index contributed by atoms with van der Waals surface area (Å²) in [5, 5.41) is 13.2. The van der Waals surface area contributed by atoms with Gasteiger partial charge in [0.15, 0.2) is 0 Å². The second-order valence-corrected chi connectivity index (χ2v) is 3.56. The molecule has 1 heterocycles. The second-order valence-electron chi connectivity index (χ2n) is 3.56. The average molecular weight is 218 g/mol. The highest BCUT2D eigenvalue weighted by molar-refractivity contribution is 5.15. The summed E-state index contributed by atoms with van der Waals surface area (Å²) in [6, 6.07) is 9.84. The summed E-state index contributed by atoms with van der Waals surface area (Å²) in [5.74, 6) is 0. The summed E-state index contributed by atoms with van der Waals surface area (Å²) < 4.78 is 0. The van der Waals surface area contributed by atoms with Crippen molar-refractivity contribution in [2.45, 2.75) is 20.1 Å². The third-order valence-electron chi connectivity index (χ3n) is 2.39. The topological polar surface area (TPSA) is 47.3 Å². The summed E-state index contributed by atoms with van der Waals surface area (Å²) in [5.41, 5.74) is 2.69. The molecule has 0 saturated heterocycles. The highest BCUT2D eigenvalue weighted by atomic mass is 16.7.